The Balaban J connectivity index is 1.66. The van der Waals surface area contributed by atoms with Crippen LogP contribution in [0.4, 0.5) is 5.95 Å². The number of benzene rings is 1. The number of Topliss-reactive ketones (excluding diaryl/α,β-unsaturated/α-hetero) is 1. The smallest absolute Gasteiger partial charge is 0.342 e. The van der Waals surface area contributed by atoms with E-state index in [9.17, 15) is 14.2 Å². The van der Waals surface area contributed by atoms with Crippen molar-refractivity contribution < 1.29 is 18.6 Å². The average Bonchev–Trinajstić information content (AvgIpc) is 3.09. The molecule has 2 atom stereocenters. The lowest BCUT2D eigenvalue weighted by atomic mass is 10.3. The summed E-state index contributed by atoms with van der Waals surface area (Å²) in [6, 6.07) is 7.97. The number of hydrogen-bond donors (Lipinski definition) is 3. The number of hydrogen-bond acceptors (Lipinski definition) is 8. The third-order valence-corrected chi connectivity index (χ3v) is 6.04. The fourth-order valence-electron chi connectivity index (χ4n) is 2.61. The summed E-state index contributed by atoms with van der Waals surface area (Å²) in [5.74, 6) is 0.205. The molecule has 0 saturated heterocycles. The Morgan fingerprint density at radius 3 is 2.80 bits per heavy atom. The number of ketones is 1. The number of rotatable bonds is 10. The second-order valence-electron chi connectivity index (χ2n) is 6.64. The van der Waals surface area contributed by atoms with E-state index < -0.39 is 19.1 Å². The quantitative estimate of drug-likeness (QED) is 0.318. The summed E-state index contributed by atoms with van der Waals surface area (Å²) < 4.78 is 26.1. The molecule has 2 heterocycles. The van der Waals surface area contributed by atoms with Crippen LogP contribution in [0.2, 0.25) is 0 Å². The van der Waals surface area contributed by atoms with E-state index in [1.165, 1.54) is 13.3 Å². The van der Waals surface area contributed by atoms with Gasteiger partial charge in [0, 0.05) is 6.54 Å². The van der Waals surface area contributed by atoms with Gasteiger partial charge in [0.2, 0.25) is 5.95 Å². The van der Waals surface area contributed by atoms with Crippen molar-refractivity contribution in [2.75, 3.05) is 18.7 Å². The van der Waals surface area contributed by atoms with E-state index in [1.807, 2.05) is 0 Å². The monoisotopic (exact) mass is 434 g/mol. The molecule has 1 aromatic carbocycles. The molecular formula is C18H23N6O5P. The number of imidazole rings is 1. The first-order valence-electron chi connectivity index (χ1n) is 9.18. The summed E-state index contributed by atoms with van der Waals surface area (Å²) in [5.41, 5.74) is 5.64. The van der Waals surface area contributed by atoms with Gasteiger partial charge in [0.1, 0.15) is 17.9 Å². The largest absolute Gasteiger partial charge is 0.431 e. The zero-order valence-electron chi connectivity index (χ0n) is 16.6. The van der Waals surface area contributed by atoms with Crippen LogP contribution >= 0.6 is 7.52 Å². The highest BCUT2D eigenvalue weighted by atomic mass is 31.2. The number of carbonyl (C=O) groups excluding carboxylic acids is 1. The first kappa shape index (κ1) is 21.7. The number of aromatic amines is 1. The van der Waals surface area contributed by atoms with Gasteiger partial charge in [-0.15, -0.1) is 0 Å². The van der Waals surface area contributed by atoms with Crippen LogP contribution < -0.4 is 20.9 Å². The van der Waals surface area contributed by atoms with E-state index in [4.69, 9.17) is 15.0 Å². The summed E-state index contributed by atoms with van der Waals surface area (Å²) in [7, 11) is -3.53. The molecule has 4 N–H and O–H groups in total. The van der Waals surface area contributed by atoms with Gasteiger partial charge in [-0.1, -0.05) is 18.2 Å². The molecule has 0 amide bonds. The van der Waals surface area contributed by atoms with Crippen molar-refractivity contribution in [2.45, 2.75) is 26.4 Å². The lowest BCUT2D eigenvalue weighted by Gasteiger charge is -2.23. The highest BCUT2D eigenvalue weighted by Crippen LogP contribution is 2.43. The van der Waals surface area contributed by atoms with Crippen molar-refractivity contribution in [3.8, 4) is 5.75 Å². The van der Waals surface area contributed by atoms with Crippen molar-refractivity contribution >= 4 is 30.4 Å². The van der Waals surface area contributed by atoms with Crippen LogP contribution in [-0.2, 0) is 20.6 Å². The van der Waals surface area contributed by atoms with Crippen molar-refractivity contribution in [1.29, 1.82) is 0 Å². The molecule has 0 saturated carbocycles. The van der Waals surface area contributed by atoms with Crippen LogP contribution in [0.3, 0.4) is 0 Å². The predicted octanol–water partition coefficient (Wildman–Crippen LogP) is 1.52. The van der Waals surface area contributed by atoms with Gasteiger partial charge in [-0.3, -0.25) is 19.1 Å². The van der Waals surface area contributed by atoms with E-state index in [-0.39, 0.29) is 30.2 Å². The molecule has 11 nitrogen and oxygen atoms in total. The summed E-state index contributed by atoms with van der Waals surface area (Å²) in [6.45, 7) is 3.43. The molecule has 12 heteroatoms. The van der Waals surface area contributed by atoms with Crippen LogP contribution in [0.25, 0.3) is 11.2 Å². The molecule has 2 aromatic heterocycles. The van der Waals surface area contributed by atoms with Crippen LogP contribution in [0.5, 0.6) is 5.75 Å². The third-order valence-electron chi connectivity index (χ3n) is 4.23. The first-order valence-corrected chi connectivity index (χ1v) is 11.0. The lowest BCUT2D eigenvalue weighted by molar-refractivity contribution is -0.118. The number of H-pyrrole nitrogens is 1. The summed E-state index contributed by atoms with van der Waals surface area (Å²) in [6.07, 6.45) is 1.19. The molecule has 30 heavy (non-hydrogen) atoms. The Labute approximate surface area is 172 Å². The average molecular weight is 434 g/mol. The maximum Gasteiger partial charge on any atom is 0.342 e. The van der Waals surface area contributed by atoms with Crippen molar-refractivity contribution in [3.05, 3.63) is 47.0 Å². The number of anilines is 1. The number of fused-ring (bicyclic) bond motifs is 1. The highest BCUT2D eigenvalue weighted by molar-refractivity contribution is 7.57. The third kappa shape index (κ3) is 5.32. The van der Waals surface area contributed by atoms with Gasteiger partial charge in [0.25, 0.3) is 5.56 Å². The van der Waals surface area contributed by atoms with Crippen LogP contribution in [0, 0.1) is 0 Å². The zero-order valence-corrected chi connectivity index (χ0v) is 17.5. The van der Waals surface area contributed by atoms with E-state index in [1.54, 1.807) is 41.8 Å². The molecule has 0 spiro atoms. The van der Waals surface area contributed by atoms with Crippen molar-refractivity contribution in [2.24, 2.45) is 0 Å². The van der Waals surface area contributed by atoms with Gasteiger partial charge in [-0.05, 0) is 26.0 Å². The number of nitrogens with two attached hydrogens (primary N) is 1. The molecule has 0 aliphatic rings. The molecule has 1 unspecified atom stereocenters. The van der Waals surface area contributed by atoms with E-state index in [0.717, 1.165) is 0 Å². The second kappa shape index (κ2) is 9.21. The number of ether oxygens (including phenoxy) is 1. The Bertz CT molecular complexity index is 1130. The minimum Gasteiger partial charge on any atom is -0.431 e. The lowest BCUT2D eigenvalue weighted by Crippen LogP contribution is -2.32. The summed E-state index contributed by atoms with van der Waals surface area (Å²) in [4.78, 5) is 33.9. The first-order chi connectivity index (χ1) is 14.3. The van der Waals surface area contributed by atoms with Crippen LogP contribution in [0.1, 0.15) is 13.8 Å². The fraction of sp³-hybridized carbons (Fsp3) is 0.333. The molecule has 3 aromatic rings. The molecule has 0 radical (unpaired) electrons. The van der Waals surface area contributed by atoms with Gasteiger partial charge in [-0.25, -0.2) is 10.1 Å². The van der Waals surface area contributed by atoms with Crippen LogP contribution in [-0.4, -0.2) is 44.3 Å². The number of aromatic nitrogens is 4. The second-order valence-corrected chi connectivity index (χ2v) is 8.68. The Morgan fingerprint density at radius 1 is 1.37 bits per heavy atom. The highest BCUT2D eigenvalue weighted by Gasteiger charge is 2.29. The standard InChI is InChI=1S/C18H23N6O5P/c1-12(13(2)25)23-30(27,29-14-6-4-3-5-7-14)11-28-9-8-24-10-20-15-16(24)21-18(19)22-17(15)26/h3-7,10,12H,8-9,11H2,1-2H3,(H,23,27)(H3,19,21,22,26)/t12-,30?/m0/s1. The van der Waals surface area contributed by atoms with Gasteiger partial charge in [0.05, 0.1) is 19.0 Å². The Hall–Kier alpha value is -3.01. The number of nitrogens with one attached hydrogen (secondary N) is 2. The topological polar surface area (TPSA) is 154 Å². The number of carbonyl (C=O) groups is 1. The zero-order chi connectivity index (χ0) is 21.7. The van der Waals surface area contributed by atoms with Gasteiger partial charge < -0.3 is 19.6 Å². The molecule has 0 aliphatic carbocycles. The predicted molar refractivity (Wildman–Crippen MR) is 111 cm³/mol. The maximum absolute atomic E-state index is 13.3. The molecular weight excluding hydrogens is 411 g/mol. The van der Waals surface area contributed by atoms with E-state index in [2.05, 4.69) is 20.0 Å². The number of nitrogens with zero attached hydrogens (tertiary/aromatic N) is 3. The van der Waals surface area contributed by atoms with Gasteiger partial charge in [-0.2, -0.15) is 4.98 Å². The van der Waals surface area contributed by atoms with Crippen LogP contribution in [0.15, 0.2) is 41.5 Å². The van der Waals surface area contributed by atoms with E-state index in [0.29, 0.717) is 17.9 Å². The minimum atomic E-state index is -3.53. The van der Waals surface area contributed by atoms with Crippen molar-refractivity contribution in [1.82, 2.24) is 24.6 Å². The fourth-order valence-corrected chi connectivity index (χ4v) is 4.39. The molecule has 3 rings (SSSR count). The number of para-hydroxylation sites is 1. The summed E-state index contributed by atoms with van der Waals surface area (Å²) in [5, 5.41) is 2.74. The Kier molecular flexibility index (Phi) is 6.66. The van der Waals surface area contributed by atoms with Gasteiger partial charge >= 0.3 is 7.52 Å². The number of nitrogen functional groups attached to an aromatic ring is 1. The Morgan fingerprint density at radius 2 is 2.10 bits per heavy atom. The molecule has 0 aliphatic heterocycles. The normalized spacial score (nSPS) is 14.3. The molecule has 0 bridgehead atoms. The summed E-state index contributed by atoms with van der Waals surface area (Å²) >= 11 is 0. The van der Waals surface area contributed by atoms with E-state index >= 15 is 0 Å². The minimum absolute atomic E-state index is 0.0154. The van der Waals surface area contributed by atoms with Gasteiger partial charge in [0.15, 0.2) is 11.2 Å². The SMILES string of the molecule is CC(=O)[C@H](C)NP(=O)(COCCn1cnc2c(=O)[nH]c(N)nc21)Oc1ccccc1. The molecule has 0 fully saturated rings. The molecule has 160 valence electrons. The maximum atomic E-state index is 13.3. The van der Waals surface area contributed by atoms with Crippen molar-refractivity contribution in [3.63, 3.8) is 0 Å².